The third-order valence-electron chi connectivity index (χ3n) is 3.31. The van der Waals surface area contributed by atoms with E-state index in [4.69, 9.17) is 11.6 Å². The molecule has 0 heterocycles. The summed E-state index contributed by atoms with van der Waals surface area (Å²) < 4.78 is 0. The quantitative estimate of drug-likeness (QED) is 0.654. The summed E-state index contributed by atoms with van der Waals surface area (Å²) in [6, 6.07) is 13.9. The average Bonchev–Trinajstić information content (AvgIpc) is 2.47. The third kappa shape index (κ3) is 3.15. The van der Waals surface area contributed by atoms with Gasteiger partial charge in [0.2, 0.25) is 0 Å². The van der Waals surface area contributed by atoms with Gasteiger partial charge in [0.1, 0.15) is 10.7 Å². The molecule has 1 unspecified atom stereocenters. The second kappa shape index (κ2) is 6.11. The fourth-order valence-electron chi connectivity index (χ4n) is 2.11. The van der Waals surface area contributed by atoms with Crippen molar-refractivity contribution in [1.29, 1.82) is 0 Å². The van der Waals surface area contributed by atoms with Gasteiger partial charge in [-0.3, -0.25) is 10.1 Å². The maximum atomic E-state index is 11.2. The van der Waals surface area contributed by atoms with E-state index in [-0.39, 0.29) is 23.0 Å². The van der Waals surface area contributed by atoms with Gasteiger partial charge in [-0.15, -0.1) is 0 Å². The van der Waals surface area contributed by atoms with Crippen LogP contribution in [0.5, 0.6) is 0 Å². The van der Waals surface area contributed by atoms with Crippen molar-refractivity contribution in [1.82, 2.24) is 0 Å². The van der Waals surface area contributed by atoms with Crippen LogP contribution in [0.1, 0.15) is 12.5 Å². The molecule has 2 N–H and O–H groups in total. The number of benzene rings is 2. The van der Waals surface area contributed by atoms with Crippen molar-refractivity contribution in [3.05, 3.63) is 69.2 Å². The molecule has 0 saturated heterocycles. The summed E-state index contributed by atoms with van der Waals surface area (Å²) in [5.41, 5.74) is 0.0425. The monoisotopic (exact) mass is 306 g/mol. The van der Waals surface area contributed by atoms with E-state index in [0.29, 0.717) is 0 Å². The Balaban J connectivity index is 2.45. The Morgan fingerprint density at radius 2 is 1.90 bits per heavy atom. The Hall–Kier alpha value is -2.11. The summed E-state index contributed by atoms with van der Waals surface area (Å²) in [6.07, 6.45) is 0. The number of para-hydroxylation sites is 1. The number of nitrogens with one attached hydrogen (secondary N) is 1. The lowest BCUT2D eigenvalue weighted by Gasteiger charge is -2.30. The molecule has 0 aliphatic rings. The van der Waals surface area contributed by atoms with E-state index in [0.717, 1.165) is 5.56 Å². The first-order valence-corrected chi connectivity index (χ1v) is 6.73. The number of aliphatic hydroxyl groups is 1. The van der Waals surface area contributed by atoms with Gasteiger partial charge in [-0.05, 0) is 24.6 Å². The molecule has 0 aliphatic heterocycles. The first-order valence-electron chi connectivity index (χ1n) is 6.35. The van der Waals surface area contributed by atoms with Crippen molar-refractivity contribution in [2.45, 2.75) is 12.5 Å². The smallest absolute Gasteiger partial charge is 0.310 e. The summed E-state index contributed by atoms with van der Waals surface area (Å²) in [4.78, 5) is 10.6. The lowest BCUT2D eigenvalue weighted by molar-refractivity contribution is -0.383. The largest absolute Gasteiger partial charge is 0.394 e. The number of hydrogen-bond donors (Lipinski definition) is 2. The zero-order valence-corrected chi connectivity index (χ0v) is 12.2. The van der Waals surface area contributed by atoms with Gasteiger partial charge in [0.05, 0.1) is 17.1 Å². The van der Waals surface area contributed by atoms with Crippen molar-refractivity contribution in [3.8, 4) is 0 Å². The van der Waals surface area contributed by atoms with Gasteiger partial charge in [-0.1, -0.05) is 48.0 Å². The van der Waals surface area contributed by atoms with Gasteiger partial charge in [0.25, 0.3) is 0 Å². The predicted molar refractivity (Wildman–Crippen MR) is 82.6 cm³/mol. The highest BCUT2D eigenvalue weighted by Gasteiger charge is 2.29. The fraction of sp³-hybridized carbons (Fsp3) is 0.200. The second-order valence-electron chi connectivity index (χ2n) is 4.87. The summed E-state index contributed by atoms with van der Waals surface area (Å²) in [5.74, 6) is 0. The van der Waals surface area contributed by atoms with Crippen LogP contribution in [-0.2, 0) is 5.54 Å². The molecule has 110 valence electrons. The molecule has 5 nitrogen and oxygen atoms in total. The molecule has 0 fully saturated rings. The molecule has 0 aliphatic carbocycles. The van der Waals surface area contributed by atoms with Crippen LogP contribution >= 0.6 is 11.6 Å². The van der Waals surface area contributed by atoms with Gasteiger partial charge in [-0.25, -0.2) is 0 Å². The first kappa shape index (κ1) is 15.3. The van der Waals surface area contributed by atoms with Crippen molar-refractivity contribution in [3.63, 3.8) is 0 Å². The van der Waals surface area contributed by atoms with Crippen molar-refractivity contribution in [2.75, 3.05) is 11.9 Å². The fourth-order valence-corrected chi connectivity index (χ4v) is 2.35. The third-order valence-corrected chi connectivity index (χ3v) is 3.61. The minimum absolute atomic E-state index is 0.0540. The van der Waals surface area contributed by atoms with E-state index in [2.05, 4.69) is 5.32 Å². The summed E-state index contributed by atoms with van der Waals surface area (Å²) in [7, 11) is 0. The molecule has 21 heavy (non-hydrogen) atoms. The first-order chi connectivity index (χ1) is 9.98. The lowest BCUT2D eigenvalue weighted by Crippen LogP contribution is -2.36. The zero-order chi connectivity index (χ0) is 15.5. The maximum Gasteiger partial charge on any atom is 0.310 e. The number of anilines is 1. The Kier molecular flexibility index (Phi) is 4.45. The van der Waals surface area contributed by atoms with Crippen LogP contribution in [0.15, 0.2) is 48.5 Å². The van der Waals surface area contributed by atoms with Crippen LogP contribution in [-0.4, -0.2) is 16.6 Å². The van der Waals surface area contributed by atoms with E-state index in [1.165, 1.54) is 6.07 Å². The van der Waals surface area contributed by atoms with Gasteiger partial charge in [0.15, 0.2) is 0 Å². The maximum absolute atomic E-state index is 11.2. The Morgan fingerprint density at radius 1 is 1.24 bits per heavy atom. The van der Waals surface area contributed by atoms with Crippen LogP contribution in [0.3, 0.4) is 0 Å². The molecule has 2 rings (SSSR count). The highest BCUT2D eigenvalue weighted by molar-refractivity contribution is 6.33. The number of halogens is 1. The average molecular weight is 307 g/mol. The lowest BCUT2D eigenvalue weighted by atomic mass is 9.92. The Labute approximate surface area is 127 Å². The number of hydrogen-bond acceptors (Lipinski definition) is 4. The molecule has 0 amide bonds. The summed E-state index contributed by atoms with van der Waals surface area (Å²) >= 11 is 5.90. The molecule has 0 aromatic heterocycles. The van der Waals surface area contributed by atoms with Crippen LogP contribution in [0.2, 0.25) is 5.02 Å². The number of nitro benzene ring substituents is 1. The van der Waals surface area contributed by atoms with Gasteiger partial charge in [0, 0.05) is 0 Å². The van der Waals surface area contributed by atoms with E-state index < -0.39 is 10.5 Å². The molecule has 0 saturated carbocycles. The van der Waals surface area contributed by atoms with Crippen molar-refractivity contribution >= 4 is 23.0 Å². The Morgan fingerprint density at radius 3 is 2.48 bits per heavy atom. The highest BCUT2D eigenvalue weighted by Crippen LogP contribution is 2.36. The second-order valence-corrected chi connectivity index (χ2v) is 5.28. The van der Waals surface area contributed by atoms with Crippen LogP contribution in [0.25, 0.3) is 0 Å². The van der Waals surface area contributed by atoms with Gasteiger partial charge in [-0.2, -0.15) is 0 Å². The van der Waals surface area contributed by atoms with Crippen LogP contribution in [0, 0.1) is 10.1 Å². The zero-order valence-electron chi connectivity index (χ0n) is 11.4. The van der Waals surface area contributed by atoms with Crippen LogP contribution < -0.4 is 5.32 Å². The molecular formula is C15H15ClN2O3. The summed E-state index contributed by atoms with van der Waals surface area (Å²) in [6.45, 7) is 1.55. The minimum Gasteiger partial charge on any atom is -0.394 e. The highest BCUT2D eigenvalue weighted by atomic mass is 35.5. The van der Waals surface area contributed by atoms with Crippen molar-refractivity contribution in [2.24, 2.45) is 0 Å². The number of rotatable bonds is 5. The number of nitro groups is 1. The molecule has 0 spiro atoms. The minimum atomic E-state index is -0.850. The van der Waals surface area contributed by atoms with E-state index in [1.807, 2.05) is 30.3 Å². The standard InChI is InChI=1S/C15H15ClN2O3/c1-15(10-19,11-6-3-2-4-7-11)17-13-9-5-8-12(16)14(13)18(20)21/h2-9,17,19H,10H2,1H3. The molecule has 0 bridgehead atoms. The van der Waals surface area contributed by atoms with Crippen molar-refractivity contribution < 1.29 is 10.0 Å². The molecule has 2 aromatic carbocycles. The van der Waals surface area contributed by atoms with E-state index in [1.54, 1.807) is 19.1 Å². The SMILES string of the molecule is CC(CO)(Nc1cccc(Cl)c1[N+](=O)[O-])c1ccccc1. The van der Waals surface area contributed by atoms with E-state index >= 15 is 0 Å². The molecule has 2 aromatic rings. The number of nitrogens with zero attached hydrogens (tertiary/aromatic N) is 1. The summed E-state index contributed by atoms with van der Waals surface area (Å²) in [5, 5.41) is 24.0. The molecular weight excluding hydrogens is 292 g/mol. The normalized spacial score (nSPS) is 13.5. The molecule has 6 heteroatoms. The molecule has 1 atom stereocenters. The predicted octanol–water partition coefficient (Wildman–Crippen LogP) is 3.57. The Bertz CT molecular complexity index is 649. The topological polar surface area (TPSA) is 75.4 Å². The van der Waals surface area contributed by atoms with Gasteiger partial charge >= 0.3 is 5.69 Å². The van der Waals surface area contributed by atoms with Gasteiger partial charge < -0.3 is 10.4 Å². The van der Waals surface area contributed by atoms with Crippen LogP contribution in [0.4, 0.5) is 11.4 Å². The number of aliphatic hydroxyl groups excluding tert-OH is 1. The van der Waals surface area contributed by atoms with E-state index in [9.17, 15) is 15.2 Å². The molecule has 0 radical (unpaired) electrons.